The van der Waals surface area contributed by atoms with Gasteiger partial charge in [0.15, 0.2) is 11.5 Å². The molecule has 1 saturated heterocycles. The number of fused-ring (bicyclic) bond motifs is 1. The van der Waals surface area contributed by atoms with E-state index in [-0.39, 0.29) is 12.5 Å². The van der Waals surface area contributed by atoms with Gasteiger partial charge in [-0.15, -0.1) is 0 Å². The van der Waals surface area contributed by atoms with E-state index in [1.165, 1.54) is 20.4 Å². The molecule has 9 nitrogen and oxygen atoms in total. The van der Waals surface area contributed by atoms with Crippen LogP contribution in [0.4, 0.5) is 0 Å². The number of hydrogen-bond acceptors (Lipinski definition) is 6. The summed E-state index contributed by atoms with van der Waals surface area (Å²) in [7, 11) is 2.92. The highest BCUT2D eigenvalue weighted by atomic mass is 16.5. The molecule has 9 heteroatoms. The highest BCUT2D eigenvalue weighted by Gasteiger charge is 2.27. The number of carbonyl (C=O) groups excluding carboxylic acids is 1. The molecule has 1 aromatic carbocycles. The number of nitrogens with zero attached hydrogens (tertiary/aromatic N) is 3. The molecule has 0 spiro atoms. The van der Waals surface area contributed by atoms with Gasteiger partial charge >= 0.3 is 5.97 Å². The Balaban J connectivity index is 1.85. The van der Waals surface area contributed by atoms with Crippen molar-refractivity contribution in [3.05, 3.63) is 28.7 Å². The summed E-state index contributed by atoms with van der Waals surface area (Å²) >= 11 is 0. The number of aliphatic carboxylic acids is 1. The molecule has 0 bridgehead atoms. The average Bonchev–Trinajstić information content (AvgIpc) is 2.69. The molecule has 144 valence electrons. The summed E-state index contributed by atoms with van der Waals surface area (Å²) < 4.78 is 11.6. The molecule has 27 heavy (non-hydrogen) atoms. The van der Waals surface area contributed by atoms with E-state index >= 15 is 0 Å². The molecule has 0 saturated carbocycles. The Kier molecular flexibility index (Phi) is 5.29. The van der Waals surface area contributed by atoms with Crippen LogP contribution in [0.5, 0.6) is 11.5 Å². The van der Waals surface area contributed by atoms with Crippen LogP contribution < -0.4 is 15.0 Å². The second kappa shape index (κ2) is 7.65. The van der Waals surface area contributed by atoms with Crippen molar-refractivity contribution in [2.75, 3.05) is 27.3 Å². The summed E-state index contributed by atoms with van der Waals surface area (Å²) in [5, 5.41) is 14.0. The zero-order valence-corrected chi connectivity index (χ0v) is 15.2. The monoisotopic (exact) mass is 375 g/mol. The van der Waals surface area contributed by atoms with E-state index in [2.05, 4.69) is 5.10 Å². The lowest BCUT2D eigenvalue weighted by atomic mass is 9.97. The van der Waals surface area contributed by atoms with Gasteiger partial charge in [0.25, 0.3) is 5.56 Å². The van der Waals surface area contributed by atoms with E-state index in [4.69, 9.17) is 14.6 Å². The minimum atomic E-state index is -0.837. The molecule has 0 unspecified atom stereocenters. The van der Waals surface area contributed by atoms with Gasteiger partial charge in [0.1, 0.15) is 6.54 Å². The van der Waals surface area contributed by atoms with Crippen molar-refractivity contribution in [2.24, 2.45) is 5.92 Å². The van der Waals surface area contributed by atoms with Crippen LogP contribution in [0.2, 0.25) is 0 Å². The van der Waals surface area contributed by atoms with Crippen molar-refractivity contribution in [3.8, 4) is 11.5 Å². The summed E-state index contributed by atoms with van der Waals surface area (Å²) in [6.45, 7) is 0.497. The molecular weight excluding hydrogens is 354 g/mol. The number of carbonyl (C=O) groups is 2. The number of methoxy groups -OCH3 is 2. The van der Waals surface area contributed by atoms with Crippen LogP contribution in [-0.4, -0.2) is 59.0 Å². The van der Waals surface area contributed by atoms with Crippen molar-refractivity contribution in [2.45, 2.75) is 19.4 Å². The highest BCUT2D eigenvalue weighted by molar-refractivity contribution is 5.89. The number of hydrogen-bond donors (Lipinski definition) is 1. The van der Waals surface area contributed by atoms with Gasteiger partial charge in [-0.2, -0.15) is 5.10 Å². The van der Waals surface area contributed by atoms with Crippen molar-refractivity contribution in [3.63, 3.8) is 0 Å². The number of carboxylic acids is 1. The summed E-state index contributed by atoms with van der Waals surface area (Å²) in [5.41, 5.74) is -0.447. The Morgan fingerprint density at radius 2 is 1.93 bits per heavy atom. The zero-order valence-electron chi connectivity index (χ0n) is 15.2. The Morgan fingerprint density at radius 1 is 1.22 bits per heavy atom. The fourth-order valence-electron chi connectivity index (χ4n) is 3.30. The standard InChI is InChI=1S/C18H21N3O6/c1-26-13-4-3-12-9-19-21(17(23)15(12)16(13)27-2)10-14(22)20-7-5-11(6-8-20)18(24)25/h3-4,9,11H,5-8,10H2,1-2H3,(H,24,25). The van der Waals surface area contributed by atoms with Gasteiger partial charge in [0, 0.05) is 18.5 Å². The molecule has 0 radical (unpaired) electrons. The number of benzene rings is 1. The van der Waals surface area contributed by atoms with Crippen LogP contribution in [0, 0.1) is 5.92 Å². The summed E-state index contributed by atoms with van der Waals surface area (Å²) in [6.07, 6.45) is 2.32. The van der Waals surface area contributed by atoms with Crippen molar-refractivity contribution in [1.29, 1.82) is 0 Å². The normalized spacial score (nSPS) is 15.0. The van der Waals surface area contributed by atoms with Gasteiger partial charge in [0.2, 0.25) is 5.91 Å². The second-order valence-corrected chi connectivity index (χ2v) is 6.37. The minimum absolute atomic E-state index is 0.215. The highest BCUT2D eigenvalue weighted by Crippen LogP contribution is 2.32. The fraction of sp³-hybridized carbons (Fsp3) is 0.444. The molecule has 2 heterocycles. The number of aromatic nitrogens is 2. The molecule has 1 aliphatic heterocycles. The number of carboxylic acid groups (broad SMARTS) is 1. The van der Waals surface area contributed by atoms with Gasteiger partial charge in [-0.25, -0.2) is 4.68 Å². The Bertz CT molecular complexity index is 931. The van der Waals surface area contributed by atoms with Crippen molar-refractivity contribution in [1.82, 2.24) is 14.7 Å². The van der Waals surface area contributed by atoms with Crippen molar-refractivity contribution < 1.29 is 24.2 Å². The third kappa shape index (κ3) is 3.57. The zero-order chi connectivity index (χ0) is 19.6. The van der Waals surface area contributed by atoms with E-state index in [1.54, 1.807) is 17.0 Å². The molecular formula is C18H21N3O6. The van der Waals surface area contributed by atoms with Crippen molar-refractivity contribution >= 4 is 22.6 Å². The fourth-order valence-corrected chi connectivity index (χ4v) is 3.30. The summed E-state index contributed by atoms with van der Waals surface area (Å²) in [6, 6.07) is 3.39. The number of piperidine rings is 1. The number of rotatable bonds is 5. The van der Waals surface area contributed by atoms with Crippen LogP contribution in [0.15, 0.2) is 23.1 Å². The maximum Gasteiger partial charge on any atom is 0.306 e. The second-order valence-electron chi connectivity index (χ2n) is 6.37. The third-order valence-corrected chi connectivity index (χ3v) is 4.84. The molecule has 1 fully saturated rings. The van der Waals surface area contributed by atoms with Crippen LogP contribution in [0.25, 0.3) is 10.8 Å². The van der Waals surface area contributed by atoms with Gasteiger partial charge in [0.05, 0.1) is 31.7 Å². The third-order valence-electron chi connectivity index (χ3n) is 4.84. The van der Waals surface area contributed by atoms with E-state index in [0.29, 0.717) is 48.2 Å². The number of likely N-dealkylation sites (tertiary alicyclic amines) is 1. The van der Waals surface area contributed by atoms with Gasteiger partial charge in [-0.1, -0.05) is 0 Å². The predicted octanol–water partition coefficient (Wildman–Crippen LogP) is 0.737. The lowest BCUT2D eigenvalue weighted by Crippen LogP contribution is -2.43. The van der Waals surface area contributed by atoms with Crippen LogP contribution >= 0.6 is 0 Å². The molecule has 0 aliphatic carbocycles. The van der Waals surface area contributed by atoms with E-state index < -0.39 is 17.4 Å². The number of ether oxygens (including phenoxy) is 2. The molecule has 3 rings (SSSR count). The first kappa shape index (κ1) is 18.7. The molecule has 1 amide bonds. The van der Waals surface area contributed by atoms with Gasteiger partial charge < -0.3 is 19.5 Å². The first-order valence-corrected chi connectivity index (χ1v) is 8.57. The van der Waals surface area contributed by atoms with Gasteiger partial charge in [-0.05, 0) is 25.0 Å². The Labute approximate surface area is 155 Å². The first-order chi connectivity index (χ1) is 13.0. The first-order valence-electron chi connectivity index (χ1n) is 8.57. The predicted molar refractivity (Wildman–Crippen MR) is 96.0 cm³/mol. The smallest absolute Gasteiger partial charge is 0.306 e. The average molecular weight is 375 g/mol. The summed E-state index contributed by atoms with van der Waals surface area (Å²) in [5.74, 6) is -0.815. The van der Waals surface area contributed by atoms with E-state index in [0.717, 1.165) is 4.68 Å². The molecule has 2 aromatic rings. The van der Waals surface area contributed by atoms with E-state index in [9.17, 15) is 14.4 Å². The lowest BCUT2D eigenvalue weighted by molar-refractivity contribution is -0.145. The maximum atomic E-state index is 12.9. The SMILES string of the molecule is COc1ccc2cnn(CC(=O)N3CCC(C(=O)O)CC3)c(=O)c2c1OC. The minimum Gasteiger partial charge on any atom is -0.493 e. The molecule has 1 aliphatic rings. The largest absolute Gasteiger partial charge is 0.493 e. The Morgan fingerprint density at radius 3 is 2.52 bits per heavy atom. The topological polar surface area (TPSA) is 111 Å². The molecule has 1 aromatic heterocycles. The van der Waals surface area contributed by atoms with E-state index in [1.807, 2.05) is 0 Å². The Hall–Kier alpha value is -3.10. The molecule has 0 atom stereocenters. The van der Waals surface area contributed by atoms with Crippen LogP contribution in [0.1, 0.15) is 12.8 Å². The lowest BCUT2D eigenvalue weighted by Gasteiger charge is -2.30. The number of amides is 1. The maximum absolute atomic E-state index is 12.9. The van der Waals surface area contributed by atoms with Crippen LogP contribution in [-0.2, 0) is 16.1 Å². The molecule has 1 N–H and O–H groups in total. The summed E-state index contributed by atoms with van der Waals surface area (Å²) in [4.78, 5) is 38.0. The van der Waals surface area contributed by atoms with Crippen LogP contribution in [0.3, 0.4) is 0 Å². The quantitative estimate of drug-likeness (QED) is 0.820. The van der Waals surface area contributed by atoms with Gasteiger partial charge in [-0.3, -0.25) is 14.4 Å².